The van der Waals surface area contributed by atoms with E-state index in [0.29, 0.717) is 36.8 Å². The number of aromatic amines is 2. The Morgan fingerprint density at radius 3 is 2.76 bits per heavy atom. The Hall–Kier alpha value is -3.02. The van der Waals surface area contributed by atoms with E-state index in [9.17, 15) is 9.59 Å². The van der Waals surface area contributed by atoms with Crippen molar-refractivity contribution in [2.24, 2.45) is 7.05 Å². The van der Waals surface area contributed by atoms with E-state index in [-0.39, 0.29) is 30.5 Å². The van der Waals surface area contributed by atoms with Gasteiger partial charge in [-0.25, -0.2) is 4.68 Å². The van der Waals surface area contributed by atoms with Crippen LogP contribution in [0.4, 0.5) is 0 Å². The number of H-pyrrole nitrogens is 2. The van der Waals surface area contributed by atoms with Crippen molar-refractivity contribution in [2.75, 3.05) is 19.7 Å². The molecule has 25 heavy (non-hydrogen) atoms. The summed E-state index contributed by atoms with van der Waals surface area (Å²) in [7, 11) is 1.72. The lowest BCUT2D eigenvalue weighted by Gasteiger charge is -2.32. The lowest BCUT2D eigenvalue weighted by atomic mass is 10.1. The molecule has 1 aliphatic heterocycles. The van der Waals surface area contributed by atoms with Gasteiger partial charge in [0.1, 0.15) is 6.10 Å². The molecule has 1 fully saturated rings. The third kappa shape index (κ3) is 4.29. The van der Waals surface area contributed by atoms with Crippen LogP contribution in [-0.2, 0) is 27.8 Å². The van der Waals surface area contributed by atoms with Gasteiger partial charge in [-0.2, -0.15) is 0 Å². The van der Waals surface area contributed by atoms with Crippen LogP contribution in [0.3, 0.4) is 0 Å². The number of amides is 1. The number of rotatable bonds is 3. The number of nitrogens with one attached hydrogen (secondary N) is 2. The molecule has 3 heterocycles. The van der Waals surface area contributed by atoms with Crippen molar-refractivity contribution in [3.8, 4) is 0 Å². The molecule has 0 bridgehead atoms. The van der Waals surface area contributed by atoms with Gasteiger partial charge in [0.25, 0.3) is 12.0 Å². The van der Waals surface area contributed by atoms with Gasteiger partial charge in [0.15, 0.2) is 5.82 Å². The molecule has 2 aromatic rings. The van der Waals surface area contributed by atoms with E-state index in [4.69, 9.17) is 14.6 Å². The summed E-state index contributed by atoms with van der Waals surface area (Å²) in [5.74, 6) is 0.463. The van der Waals surface area contributed by atoms with Crippen LogP contribution in [0, 0.1) is 6.92 Å². The van der Waals surface area contributed by atoms with E-state index in [1.54, 1.807) is 18.9 Å². The van der Waals surface area contributed by atoms with Gasteiger partial charge in [0.2, 0.25) is 5.91 Å². The minimum Gasteiger partial charge on any atom is -0.483 e. The van der Waals surface area contributed by atoms with E-state index in [1.165, 1.54) is 4.68 Å². The third-order valence-electron chi connectivity index (χ3n) is 3.78. The number of carbonyl (C=O) groups is 2. The number of hydrogen-bond donors (Lipinski definition) is 3. The number of tetrazole rings is 1. The number of hydrogen-bond acceptors (Lipinski definition) is 7. The molecule has 1 amide bonds. The monoisotopic (exact) mass is 353 g/mol. The van der Waals surface area contributed by atoms with Gasteiger partial charge in [-0.1, -0.05) is 0 Å². The lowest BCUT2D eigenvalue weighted by Crippen LogP contribution is -2.44. The van der Waals surface area contributed by atoms with E-state index < -0.39 is 0 Å². The van der Waals surface area contributed by atoms with Crippen LogP contribution in [0.25, 0.3) is 0 Å². The van der Waals surface area contributed by atoms with Crippen LogP contribution < -0.4 is 5.56 Å². The summed E-state index contributed by atoms with van der Waals surface area (Å²) >= 11 is 0. The summed E-state index contributed by atoms with van der Waals surface area (Å²) in [6, 6.07) is 0. The second-order valence-electron chi connectivity index (χ2n) is 5.32. The molecule has 0 aromatic carbocycles. The molecule has 0 spiro atoms. The Balaban J connectivity index is 0.000000701. The maximum Gasteiger partial charge on any atom is 0.290 e. The minimum absolute atomic E-state index is 0.0639. The van der Waals surface area contributed by atoms with Gasteiger partial charge in [-0.05, 0) is 17.4 Å². The molecule has 3 rings (SSSR count). The molecule has 12 nitrogen and oxygen atoms in total. The summed E-state index contributed by atoms with van der Waals surface area (Å²) in [4.78, 5) is 34.1. The Morgan fingerprint density at radius 1 is 1.48 bits per heavy atom. The van der Waals surface area contributed by atoms with Gasteiger partial charge in [-0.3, -0.25) is 19.5 Å². The number of morpholine rings is 1. The van der Waals surface area contributed by atoms with Crippen LogP contribution >= 0.6 is 0 Å². The highest BCUT2D eigenvalue weighted by molar-refractivity contribution is 5.79. The molecular formula is C13H19N7O5. The highest BCUT2D eigenvalue weighted by atomic mass is 16.5. The highest BCUT2D eigenvalue weighted by Gasteiger charge is 2.29. The van der Waals surface area contributed by atoms with Gasteiger partial charge >= 0.3 is 0 Å². The number of ether oxygens (including phenoxy) is 1. The molecule has 0 radical (unpaired) electrons. The lowest BCUT2D eigenvalue weighted by molar-refractivity contribution is -0.138. The first-order chi connectivity index (χ1) is 12.0. The second kappa shape index (κ2) is 8.19. The molecule has 1 atom stereocenters. The van der Waals surface area contributed by atoms with Crippen molar-refractivity contribution in [2.45, 2.75) is 19.4 Å². The molecule has 3 N–H and O–H groups in total. The van der Waals surface area contributed by atoms with Crippen molar-refractivity contribution >= 4 is 12.4 Å². The van der Waals surface area contributed by atoms with Crippen LogP contribution in [0.1, 0.15) is 23.2 Å². The van der Waals surface area contributed by atoms with Crippen LogP contribution in [0.15, 0.2) is 4.79 Å². The summed E-state index contributed by atoms with van der Waals surface area (Å²) in [6.45, 7) is 2.77. The summed E-state index contributed by atoms with van der Waals surface area (Å²) in [5.41, 5.74) is 0.891. The molecule has 12 heteroatoms. The third-order valence-corrected chi connectivity index (χ3v) is 3.78. The van der Waals surface area contributed by atoms with Crippen LogP contribution in [-0.4, -0.2) is 72.5 Å². The van der Waals surface area contributed by atoms with Crippen LogP contribution in [0.5, 0.6) is 0 Å². The number of carboxylic acid groups (broad SMARTS) is 1. The van der Waals surface area contributed by atoms with Crippen molar-refractivity contribution in [1.82, 2.24) is 35.3 Å². The maximum atomic E-state index is 12.4. The van der Waals surface area contributed by atoms with Crippen LogP contribution in [0.2, 0.25) is 0 Å². The van der Waals surface area contributed by atoms with Crippen molar-refractivity contribution in [1.29, 1.82) is 0 Å². The zero-order valence-corrected chi connectivity index (χ0v) is 13.8. The highest BCUT2D eigenvalue weighted by Crippen LogP contribution is 2.19. The summed E-state index contributed by atoms with van der Waals surface area (Å²) < 4.78 is 7.16. The fourth-order valence-electron chi connectivity index (χ4n) is 2.49. The van der Waals surface area contributed by atoms with Gasteiger partial charge in [0.05, 0.1) is 19.6 Å². The molecule has 1 unspecified atom stereocenters. The SMILES string of the molecule is Cc1[nH][nH]c(=O)c1CC(=O)N1CCOC(c2nnnn2C)C1.O=CO. The molecule has 1 saturated heterocycles. The quantitative estimate of drug-likeness (QED) is 0.555. The number of aromatic nitrogens is 6. The topological polar surface area (TPSA) is 159 Å². The minimum atomic E-state index is -0.358. The first-order valence-electron chi connectivity index (χ1n) is 7.43. The number of aryl methyl sites for hydroxylation is 2. The Kier molecular flexibility index (Phi) is 6.00. The molecule has 136 valence electrons. The van der Waals surface area contributed by atoms with Crippen molar-refractivity contribution in [3.05, 3.63) is 27.4 Å². The molecule has 0 saturated carbocycles. The zero-order chi connectivity index (χ0) is 18.4. The number of carbonyl (C=O) groups excluding carboxylic acids is 1. The Labute approximate surface area is 141 Å². The van der Waals surface area contributed by atoms with Gasteiger partial charge in [0, 0.05) is 24.8 Å². The van der Waals surface area contributed by atoms with Gasteiger partial charge < -0.3 is 19.8 Å². The summed E-state index contributed by atoms with van der Waals surface area (Å²) in [6.07, 6.45) is -0.294. The maximum absolute atomic E-state index is 12.4. The normalized spacial score (nSPS) is 16.9. The van der Waals surface area contributed by atoms with E-state index >= 15 is 0 Å². The zero-order valence-electron chi connectivity index (χ0n) is 13.8. The first kappa shape index (κ1) is 18.3. The Bertz CT molecular complexity index is 780. The predicted octanol–water partition coefficient (Wildman–Crippen LogP) is -1.62. The fraction of sp³-hybridized carbons (Fsp3) is 0.538. The second-order valence-corrected chi connectivity index (χ2v) is 5.32. The van der Waals surface area contributed by atoms with Crippen molar-refractivity contribution in [3.63, 3.8) is 0 Å². The fourth-order valence-corrected chi connectivity index (χ4v) is 2.49. The standard InChI is InChI=1S/C12H17N7O3.CH2O2/c1-7-8(12(21)15-13-7)5-10(20)19-3-4-22-9(6-19)11-14-16-17-18(11)2;2-1-3/h9H,3-6H2,1-2H3,(H2,13,15,21);1H,(H,2,3). The Morgan fingerprint density at radius 2 is 2.20 bits per heavy atom. The van der Waals surface area contributed by atoms with E-state index in [1.807, 2.05) is 0 Å². The average Bonchev–Trinajstić information content (AvgIpc) is 3.16. The number of nitrogens with zero attached hydrogens (tertiary/aromatic N) is 5. The van der Waals surface area contributed by atoms with Crippen molar-refractivity contribution < 1.29 is 19.4 Å². The predicted molar refractivity (Wildman–Crippen MR) is 82.6 cm³/mol. The average molecular weight is 353 g/mol. The molecule has 2 aromatic heterocycles. The summed E-state index contributed by atoms with van der Waals surface area (Å²) in [5, 5.41) is 23.4. The van der Waals surface area contributed by atoms with Gasteiger partial charge in [-0.15, -0.1) is 5.10 Å². The van der Waals surface area contributed by atoms with E-state index in [2.05, 4.69) is 25.7 Å². The molecule has 0 aliphatic carbocycles. The smallest absolute Gasteiger partial charge is 0.290 e. The molecular weight excluding hydrogens is 334 g/mol. The largest absolute Gasteiger partial charge is 0.483 e. The first-order valence-corrected chi connectivity index (χ1v) is 7.43. The van der Waals surface area contributed by atoms with E-state index in [0.717, 1.165) is 0 Å². The molecule has 1 aliphatic rings.